The van der Waals surface area contributed by atoms with E-state index in [2.05, 4.69) is 15.1 Å². The van der Waals surface area contributed by atoms with E-state index in [1.807, 2.05) is 19.1 Å². The molecule has 2 heterocycles. The van der Waals surface area contributed by atoms with Gasteiger partial charge in [-0.15, -0.1) is 5.10 Å². The molecule has 1 aromatic rings. The molecule has 1 fully saturated rings. The van der Waals surface area contributed by atoms with Gasteiger partial charge in [0.2, 0.25) is 0 Å². The fourth-order valence-electron chi connectivity index (χ4n) is 2.07. The van der Waals surface area contributed by atoms with Crippen molar-refractivity contribution in [3.63, 3.8) is 0 Å². The van der Waals surface area contributed by atoms with Gasteiger partial charge in [-0.2, -0.15) is 5.10 Å². The van der Waals surface area contributed by atoms with Gasteiger partial charge < -0.3 is 9.64 Å². The summed E-state index contributed by atoms with van der Waals surface area (Å²) in [5.74, 6) is 0.827. The number of piperidine rings is 1. The van der Waals surface area contributed by atoms with Crippen LogP contribution in [-0.2, 0) is 9.53 Å². The van der Waals surface area contributed by atoms with E-state index in [0.717, 1.165) is 37.4 Å². The van der Waals surface area contributed by atoms with E-state index in [0.29, 0.717) is 0 Å². The molecule has 17 heavy (non-hydrogen) atoms. The molecule has 0 saturated carbocycles. The molecular formula is C12H17N3O2. The van der Waals surface area contributed by atoms with E-state index >= 15 is 0 Å². The zero-order valence-corrected chi connectivity index (χ0v) is 10.2. The van der Waals surface area contributed by atoms with Crippen LogP contribution in [0.1, 0.15) is 18.5 Å². The van der Waals surface area contributed by atoms with Crippen LogP contribution in [-0.4, -0.2) is 36.4 Å². The topological polar surface area (TPSA) is 55.3 Å². The van der Waals surface area contributed by atoms with Crippen LogP contribution in [0.2, 0.25) is 0 Å². The van der Waals surface area contributed by atoms with Gasteiger partial charge in [0.05, 0.1) is 18.7 Å². The molecular weight excluding hydrogens is 218 g/mol. The second kappa shape index (κ2) is 5.12. The second-order valence-electron chi connectivity index (χ2n) is 4.32. The molecule has 0 unspecified atom stereocenters. The molecule has 1 saturated heterocycles. The van der Waals surface area contributed by atoms with Gasteiger partial charge in [-0.1, -0.05) is 0 Å². The van der Waals surface area contributed by atoms with E-state index in [1.54, 1.807) is 0 Å². The first-order valence-electron chi connectivity index (χ1n) is 5.84. The van der Waals surface area contributed by atoms with Gasteiger partial charge in [0.1, 0.15) is 0 Å². The van der Waals surface area contributed by atoms with Crippen LogP contribution >= 0.6 is 0 Å². The highest BCUT2D eigenvalue weighted by molar-refractivity contribution is 5.72. The first kappa shape index (κ1) is 11.8. The number of hydrogen-bond donors (Lipinski definition) is 0. The Bertz CT molecular complexity index is 383. The second-order valence-corrected chi connectivity index (χ2v) is 4.32. The molecule has 0 bridgehead atoms. The van der Waals surface area contributed by atoms with Gasteiger partial charge in [-0.25, -0.2) is 0 Å². The van der Waals surface area contributed by atoms with Crippen molar-refractivity contribution in [3.05, 3.63) is 17.8 Å². The summed E-state index contributed by atoms with van der Waals surface area (Å²) in [6.07, 6.45) is 1.64. The molecule has 92 valence electrons. The number of ether oxygens (including phenoxy) is 1. The Labute approximate surface area is 101 Å². The zero-order chi connectivity index (χ0) is 12.3. The van der Waals surface area contributed by atoms with Crippen molar-refractivity contribution in [2.24, 2.45) is 5.92 Å². The standard InChI is InChI=1S/C12H17N3O2/c1-9-3-4-11(14-13-9)15-7-5-10(6-8-15)12(16)17-2/h3-4,10H,5-8H2,1-2H3. The maximum Gasteiger partial charge on any atom is 0.308 e. The lowest BCUT2D eigenvalue weighted by Gasteiger charge is -2.31. The van der Waals surface area contributed by atoms with Crippen molar-refractivity contribution in [3.8, 4) is 0 Å². The molecule has 0 atom stereocenters. The number of rotatable bonds is 2. The van der Waals surface area contributed by atoms with Crippen LogP contribution in [0.15, 0.2) is 12.1 Å². The molecule has 0 amide bonds. The van der Waals surface area contributed by atoms with Crippen LogP contribution in [0.25, 0.3) is 0 Å². The average Bonchev–Trinajstić information content (AvgIpc) is 2.39. The average molecular weight is 235 g/mol. The fourth-order valence-corrected chi connectivity index (χ4v) is 2.07. The third kappa shape index (κ3) is 2.72. The minimum absolute atomic E-state index is 0.0367. The normalized spacial score (nSPS) is 16.9. The molecule has 1 aromatic heterocycles. The molecule has 0 N–H and O–H groups in total. The molecule has 2 rings (SSSR count). The highest BCUT2D eigenvalue weighted by Crippen LogP contribution is 2.22. The highest BCUT2D eigenvalue weighted by Gasteiger charge is 2.26. The lowest BCUT2D eigenvalue weighted by Crippen LogP contribution is -2.37. The number of hydrogen-bond acceptors (Lipinski definition) is 5. The lowest BCUT2D eigenvalue weighted by atomic mass is 9.97. The maximum absolute atomic E-state index is 11.4. The van der Waals surface area contributed by atoms with Crippen LogP contribution in [0.5, 0.6) is 0 Å². The number of methoxy groups -OCH3 is 1. The number of esters is 1. The Morgan fingerprint density at radius 1 is 1.35 bits per heavy atom. The predicted octanol–water partition coefficient (Wildman–Crippen LogP) is 1.17. The predicted molar refractivity (Wildman–Crippen MR) is 63.7 cm³/mol. The van der Waals surface area contributed by atoms with E-state index in [-0.39, 0.29) is 11.9 Å². The van der Waals surface area contributed by atoms with E-state index in [1.165, 1.54) is 7.11 Å². The number of aromatic nitrogens is 2. The minimum Gasteiger partial charge on any atom is -0.469 e. The van der Waals surface area contributed by atoms with E-state index in [4.69, 9.17) is 4.74 Å². The molecule has 0 spiro atoms. The van der Waals surface area contributed by atoms with Gasteiger partial charge >= 0.3 is 5.97 Å². The summed E-state index contributed by atoms with van der Waals surface area (Å²) in [6, 6.07) is 3.93. The Balaban J connectivity index is 1.95. The Morgan fingerprint density at radius 2 is 2.06 bits per heavy atom. The van der Waals surface area contributed by atoms with Crippen molar-refractivity contribution in [2.45, 2.75) is 19.8 Å². The quantitative estimate of drug-likeness (QED) is 0.720. The minimum atomic E-state index is -0.0976. The number of nitrogens with zero attached hydrogens (tertiary/aromatic N) is 3. The number of anilines is 1. The first-order chi connectivity index (χ1) is 8.20. The van der Waals surface area contributed by atoms with Gasteiger partial charge in [0, 0.05) is 13.1 Å². The summed E-state index contributed by atoms with van der Waals surface area (Å²) in [5.41, 5.74) is 0.915. The number of carbonyl (C=O) groups is 1. The SMILES string of the molecule is COC(=O)C1CCN(c2ccc(C)nn2)CC1. The van der Waals surface area contributed by atoms with Crippen LogP contribution in [0.4, 0.5) is 5.82 Å². The van der Waals surface area contributed by atoms with Crippen molar-refractivity contribution < 1.29 is 9.53 Å². The highest BCUT2D eigenvalue weighted by atomic mass is 16.5. The molecule has 1 aliphatic heterocycles. The van der Waals surface area contributed by atoms with Crippen molar-refractivity contribution in [1.82, 2.24) is 10.2 Å². The van der Waals surface area contributed by atoms with Crippen molar-refractivity contribution in [2.75, 3.05) is 25.1 Å². The van der Waals surface area contributed by atoms with Crippen molar-refractivity contribution in [1.29, 1.82) is 0 Å². The molecule has 1 aliphatic rings. The van der Waals surface area contributed by atoms with Crippen LogP contribution < -0.4 is 4.90 Å². The van der Waals surface area contributed by atoms with Gasteiger partial charge in [-0.3, -0.25) is 4.79 Å². The zero-order valence-electron chi connectivity index (χ0n) is 10.2. The summed E-state index contributed by atoms with van der Waals surface area (Å²) in [5, 5.41) is 8.19. The Morgan fingerprint density at radius 3 is 2.59 bits per heavy atom. The molecule has 0 aliphatic carbocycles. The number of carbonyl (C=O) groups excluding carboxylic acids is 1. The summed E-state index contributed by atoms with van der Waals surface area (Å²) in [6.45, 7) is 3.58. The van der Waals surface area contributed by atoms with Crippen LogP contribution in [0.3, 0.4) is 0 Å². The molecule has 0 aromatic carbocycles. The Kier molecular flexibility index (Phi) is 3.56. The molecule has 5 nitrogen and oxygen atoms in total. The first-order valence-corrected chi connectivity index (χ1v) is 5.84. The van der Waals surface area contributed by atoms with E-state index in [9.17, 15) is 4.79 Å². The summed E-state index contributed by atoms with van der Waals surface area (Å²) in [7, 11) is 1.44. The van der Waals surface area contributed by atoms with Crippen LogP contribution in [0, 0.1) is 12.8 Å². The van der Waals surface area contributed by atoms with Gasteiger partial charge in [0.25, 0.3) is 0 Å². The largest absolute Gasteiger partial charge is 0.469 e. The lowest BCUT2D eigenvalue weighted by molar-refractivity contribution is -0.146. The molecule has 0 radical (unpaired) electrons. The maximum atomic E-state index is 11.4. The third-order valence-corrected chi connectivity index (χ3v) is 3.14. The fraction of sp³-hybridized carbons (Fsp3) is 0.583. The molecule has 5 heteroatoms. The smallest absolute Gasteiger partial charge is 0.308 e. The number of aryl methyl sites for hydroxylation is 1. The van der Waals surface area contributed by atoms with Gasteiger partial charge in [-0.05, 0) is 31.9 Å². The Hall–Kier alpha value is -1.65. The van der Waals surface area contributed by atoms with Crippen molar-refractivity contribution >= 4 is 11.8 Å². The summed E-state index contributed by atoms with van der Waals surface area (Å²) < 4.78 is 4.76. The summed E-state index contributed by atoms with van der Waals surface area (Å²) in [4.78, 5) is 13.5. The van der Waals surface area contributed by atoms with E-state index < -0.39 is 0 Å². The summed E-state index contributed by atoms with van der Waals surface area (Å²) >= 11 is 0. The monoisotopic (exact) mass is 235 g/mol. The third-order valence-electron chi connectivity index (χ3n) is 3.14. The van der Waals surface area contributed by atoms with Gasteiger partial charge in [0.15, 0.2) is 5.82 Å².